The Hall–Kier alpha value is -3.07. The zero-order chi connectivity index (χ0) is 18.7. The number of hydrogen-bond acceptors (Lipinski definition) is 5. The van der Waals surface area contributed by atoms with E-state index in [9.17, 15) is 13.2 Å². The van der Waals surface area contributed by atoms with Gasteiger partial charge in [-0.1, -0.05) is 6.07 Å². The quantitative estimate of drug-likeness (QED) is 0.683. The Morgan fingerprint density at radius 3 is 2.88 bits per heavy atom. The second kappa shape index (κ2) is 7.04. The fraction of sp³-hybridized carbons (Fsp3) is 0.176. The number of nitrogens with zero attached hydrogens (tertiary/aromatic N) is 2. The number of aromatic nitrogens is 2. The van der Waals surface area contributed by atoms with Gasteiger partial charge in [-0.25, -0.2) is 17.2 Å². The van der Waals surface area contributed by atoms with Gasteiger partial charge in [0.1, 0.15) is 5.75 Å². The minimum atomic E-state index is -3.86. The lowest BCUT2D eigenvalue weighted by Gasteiger charge is -2.08. The lowest BCUT2D eigenvalue weighted by Crippen LogP contribution is -2.23. The summed E-state index contributed by atoms with van der Waals surface area (Å²) in [6, 6.07) is 7.92. The second-order valence-electron chi connectivity index (χ2n) is 5.51. The Morgan fingerprint density at radius 1 is 1.35 bits per heavy atom. The summed E-state index contributed by atoms with van der Waals surface area (Å²) >= 11 is 0. The molecule has 0 atom stereocenters. The Balaban J connectivity index is 2.07. The van der Waals surface area contributed by atoms with Gasteiger partial charge in [0.15, 0.2) is 0 Å². The summed E-state index contributed by atoms with van der Waals surface area (Å²) in [5.41, 5.74) is 1.14. The number of pyridine rings is 1. The topological polar surface area (TPSA) is 111 Å². The normalized spacial score (nSPS) is 11.4. The molecule has 0 saturated carbocycles. The van der Waals surface area contributed by atoms with Gasteiger partial charge in [-0.05, 0) is 30.2 Å². The molecule has 3 aromatic rings. The number of carbonyl (C=O) groups is 1. The van der Waals surface area contributed by atoms with E-state index < -0.39 is 16.1 Å². The van der Waals surface area contributed by atoms with Gasteiger partial charge < -0.3 is 15.2 Å². The molecule has 3 rings (SSSR count). The van der Waals surface area contributed by atoms with E-state index in [4.69, 9.17) is 9.84 Å². The molecule has 0 aliphatic rings. The van der Waals surface area contributed by atoms with Gasteiger partial charge >= 0.3 is 6.09 Å². The lowest BCUT2D eigenvalue weighted by molar-refractivity contribution is 0.194. The van der Waals surface area contributed by atoms with Crippen molar-refractivity contribution in [3.8, 4) is 5.75 Å². The minimum absolute atomic E-state index is 0.0906. The first-order valence-electron chi connectivity index (χ1n) is 7.74. The molecule has 1 aromatic carbocycles. The number of carboxylic acid groups (broad SMARTS) is 1. The molecule has 0 aliphatic carbocycles. The van der Waals surface area contributed by atoms with Crippen LogP contribution in [0.5, 0.6) is 5.75 Å². The molecule has 136 valence electrons. The van der Waals surface area contributed by atoms with Crippen LogP contribution in [0.2, 0.25) is 0 Å². The fourth-order valence-electron chi connectivity index (χ4n) is 2.69. The standard InChI is InChI=1S/C17H17N3O5S/c1-25-13-3-2-4-14(9-13)26(23,24)20-11-12(5-8-19-17(21)22)15-6-7-18-10-16(15)20/h2-4,6-7,9-11,19H,5,8H2,1H3,(H,21,22). The number of nitrogens with one attached hydrogen (secondary N) is 1. The van der Waals surface area contributed by atoms with E-state index in [0.717, 1.165) is 0 Å². The van der Waals surface area contributed by atoms with E-state index in [0.29, 0.717) is 28.6 Å². The summed E-state index contributed by atoms with van der Waals surface area (Å²) in [5.74, 6) is 0.437. The fourth-order valence-corrected chi connectivity index (χ4v) is 4.10. The molecule has 8 nitrogen and oxygen atoms in total. The predicted molar refractivity (Wildman–Crippen MR) is 95.0 cm³/mol. The molecule has 0 unspecified atom stereocenters. The van der Waals surface area contributed by atoms with Crippen molar-refractivity contribution in [3.05, 3.63) is 54.5 Å². The van der Waals surface area contributed by atoms with Crippen molar-refractivity contribution in [3.63, 3.8) is 0 Å². The molecule has 2 N–H and O–H groups in total. The smallest absolute Gasteiger partial charge is 0.404 e. The van der Waals surface area contributed by atoms with E-state index in [2.05, 4.69) is 10.3 Å². The molecule has 0 radical (unpaired) electrons. The van der Waals surface area contributed by atoms with Crippen molar-refractivity contribution in [2.75, 3.05) is 13.7 Å². The Morgan fingerprint density at radius 2 is 2.15 bits per heavy atom. The summed E-state index contributed by atoms with van der Waals surface area (Å²) in [6.45, 7) is 0.177. The Bertz CT molecular complexity index is 1060. The Labute approximate surface area is 150 Å². The van der Waals surface area contributed by atoms with Crippen LogP contribution < -0.4 is 10.1 Å². The van der Waals surface area contributed by atoms with E-state index >= 15 is 0 Å². The van der Waals surface area contributed by atoms with Crippen LogP contribution in [-0.4, -0.2) is 42.2 Å². The molecule has 2 heterocycles. The van der Waals surface area contributed by atoms with Crippen LogP contribution >= 0.6 is 0 Å². The van der Waals surface area contributed by atoms with E-state index in [1.54, 1.807) is 24.4 Å². The third-order valence-corrected chi connectivity index (χ3v) is 5.59. The van der Waals surface area contributed by atoms with E-state index in [-0.39, 0.29) is 11.4 Å². The SMILES string of the molecule is COc1cccc(S(=O)(=O)n2cc(CCNC(=O)O)c3ccncc32)c1. The molecule has 1 amide bonds. The largest absolute Gasteiger partial charge is 0.497 e. The number of hydrogen-bond donors (Lipinski definition) is 2. The highest BCUT2D eigenvalue weighted by atomic mass is 32.2. The lowest BCUT2D eigenvalue weighted by atomic mass is 10.1. The van der Waals surface area contributed by atoms with Crippen molar-refractivity contribution < 1.29 is 23.1 Å². The van der Waals surface area contributed by atoms with Crippen LogP contribution in [0.4, 0.5) is 4.79 Å². The molecule has 26 heavy (non-hydrogen) atoms. The zero-order valence-electron chi connectivity index (χ0n) is 13.9. The monoisotopic (exact) mass is 375 g/mol. The van der Waals surface area contributed by atoms with Gasteiger partial charge in [-0.2, -0.15) is 0 Å². The summed E-state index contributed by atoms with van der Waals surface area (Å²) in [4.78, 5) is 14.7. The second-order valence-corrected chi connectivity index (χ2v) is 7.32. The van der Waals surface area contributed by atoms with Gasteiger partial charge in [0, 0.05) is 30.4 Å². The number of methoxy groups -OCH3 is 1. The van der Waals surface area contributed by atoms with E-state index in [1.165, 1.54) is 35.6 Å². The number of benzene rings is 1. The van der Waals surface area contributed by atoms with Crippen molar-refractivity contribution in [1.29, 1.82) is 0 Å². The third kappa shape index (κ3) is 3.33. The minimum Gasteiger partial charge on any atom is -0.497 e. The summed E-state index contributed by atoms with van der Waals surface area (Å²) < 4.78 is 32.4. The number of amides is 1. The average molecular weight is 375 g/mol. The zero-order valence-corrected chi connectivity index (χ0v) is 14.7. The molecule has 0 fully saturated rings. The molecule has 2 aromatic heterocycles. The van der Waals surface area contributed by atoms with Crippen molar-refractivity contribution in [2.24, 2.45) is 0 Å². The van der Waals surface area contributed by atoms with Gasteiger partial charge in [-0.3, -0.25) is 4.98 Å². The van der Waals surface area contributed by atoms with Gasteiger partial charge in [-0.15, -0.1) is 0 Å². The first-order valence-corrected chi connectivity index (χ1v) is 9.18. The van der Waals surface area contributed by atoms with Gasteiger partial charge in [0.2, 0.25) is 0 Å². The van der Waals surface area contributed by atoms with Crippen LogP contribution in [0.15, 0.2) is 53.8 Å². The van der Waals surface area contributed by atoms with E-state index in [1.807, 2.05) is 0 Å². The van der Waals surface area contributed by atoms with Crippen LogP contribution in [0.25, 0.3) is 10.9 Å². The number of rotatable bonds is 6. The van der Waals surface area contributed by atoms with Crippen molar-refractivity contribution in [1.82, 2.24) is 14.3 Å². The summed E-state index contributed by atoms with van der Waals surface area (Å²) in [5, 5.41) is 11.7. The van der Waals surface area contributed by atoms with Crippen LogP contribution in [0.3, 0.4) is 0 Å². The molecule has 0 spiro atoms. The maximum Gasteiger partial charge on any atom is 0.404 e. The summed E-state index contributed by atoms with van der Waals surface area (Å²) in [7, 11) is -2.39. The maximum atomic E-state index is 13.1. The van der Waals surface area contributed by atoms with Crippen LogP contribution in [0.1, 0.15) is 5.56 Å². The molecule has 9 heteroatoms. The maximum absolute atomic E-state index is 13.1. The molecule has 0 bridgehead atoms. The average Bonchev–Trinajstić information content (AvgIpc) is 3.01. The van der Waals surface area contributed by atoms with Crippen molar-refractivity contribution in [2.45, 2.75) is 11.3 Å². The summed E-state index contributed by atoms with van der Waals surface area (Å²) in [6.07, 6.45) is 3.78. The molecule has 0 aliphatic heterocycles. The van der Waals surface area contributed by atoms with Gasteiger partial charge in [0.25, 0.3) is 10.0 Å². The number of fused-ring (bicyclic) bond motifs is 1. The van der Waals surface area contributed by atoms with Gasteiger partial charge in [0.05, 0.1) is 23.7 Å². The first kappa shape index (κ1) is 17.7. The number of ether oxygens (including phenoxy) is 1. The highest BCUT2D eigenvalue weighted by molar-refractivity contribution is 7.90. The highest BCUT2D eigenvalue weighted by Crippen LogP contribution is 2.27. The molecule has 0 saturated heterocycles. The first-order chi connectivity index (χ1) is 12.4. The molecular weight excluding hydrogens is 358 g/mol. The van der Waals surface area contributed by atoms with Crippen LogP contribution in [-0.2, 0) is 16.4 Å². The highest BCUT2D eigenvalue weighted by Gasteiger charge is 2.21. The molecular formula is C17H17N3O5S. The predicted octanol–water partition coefficient (Wildman–Crippen LogP) is 2.09. The van der Waals surface area contributed by atoms with Crippen LogP contribution in [0, 0.1) is 0 Å². The Kier molecular flexibility index (Phi) is 4.81. The van der Waals surface area contributed by atoms with Crippen molar-refractivity contribution >= 4 is 27.0 Å². The third-order valence-electron chi connectivity index (χ3n) is 3.93.